The van der Waals surface area contributed by atoms with E-state index in [2.05, 4.69) is 219 Å². The van der Waals surface area contributed by atoms with Crippen molar-refractivity contribution >= 4 is 102 Å². The number of benzene rings is 11. The van der Waals surface area contributed by atoms with Crippen LogP contribution in [0.4, 0.5) is 17.1 Å². The van der Waals surface area contributed by atoms with E-state index in [-0.39, 0.29) is 0 Å². The molecular formula is C58H39NS. The average molecular weight is 782 g/mol. The molecule has 0 aliphatic carbocycles. The summed E-state index contributed by atoms with van der Waals surface area (Å²) in [5.41, 5.74) is 11.1. The van der Waals surface area contributed by atoms with Crippen molar-refractivity contribution in [2.75, 3.05) is 4.90 Å². The SMILES string of the molecule is Cc1ccc(N(c2ccc3cc(-c4c5ccccc5c(-c5ccc6sc7ccccc7c6c5)c5ccccc45)ccc3c2)c2ccc(C)c3ccccc23)c2ccccc12. The second-order valence-electron chi connectivity index (χ2n) is 16.1. The van der Waals surface area contributed by atoms with E-state index < -0.39 is 0 Å². The normalized spacial score (nSPS) is 11.8. The zero-order chi connectivity index (χ0) is 39.9. The van der Waals surface area contributed by atoms with E-state index in [9.17, 15) is 0 Å². The summed E-state index contributed by atoms with van der Waals surface area (Å²) in [6.45, 7) is 4.41. The van der Waals surface area contributed by atoms with Gasteiger partial charge in [-0.25, -0.2) is 0 Å². The van der Waals surface area contributed by atoms with Crippen LogP contribution in [0.2, 0.25) is 0 Å². The first-order valence-electron chi connectivity index (χ1n) is 20.8. The van der Waals surface area contributed by atoms with Gasteiger partial charge in [0, 0.05) is 36.6 Å². The molecule has 0 spiro atoms. The van der Waals surface area contributed by atoms with E-state index in [0.717, 1.165) is 5.69 Å². The minimum atomic E-state index is 1.13. The second-order valence-corrected chi connectivity index (χ2v) is 17.2. The van der Waals surface area contributed by atoms with E-state index in [0.29, 0.717) is 0 Å². The predicted molar refractivity (Wildman–Crippen MR) is 262 cm³/mol. The van der Waals surface area contributed by atoms with Crippen LogP contribution in [0.5, 0.6) is 0 Å². The van der Waals surface area contributed by atoms with Crippen molar-refractivity contribution in [3.63, 3.8) is 0 Å². The van der Waals surface area contributed by atoms with E-state index >= 15 is 0 Å². The van der Waals surface area contributed by atoms with Gasteiger partial charge in [-0.3, -0.25) is 0 Å². The van der Waals surface area contributed by atoms with Gasteiger partial charge in [0.15, 0.2) is 0 Å². The third kappa shape index (κ3) is 5.38. The highest BCUT2D eigenvalue weighted by Crippen LogP contribution is 2.47. The molecule has 1 heterocycles. The number of thiophene rings is 1. The van der Waals surface area contributed by atoms with Crippen LogP contribution in [0.3, 0.4) is 0 Å². The monoisotopic (exact) mass is 781 g/mol. The lowest BCUT2D eigenvalue weighted by Gasteiger charge is -2.29. The predicted octanol–water partition coefficient (Wildman–Crippen LogP) is 17.2. The number of hydrogen-bond acceptors (Lipinski definition) is 2. The van der Waals surface area contributed by atoms with Gasteiger partial charge in [-0.1, -0.05) is 152 Å². The van der Waals surface area contributed by atoms with Gasteiger partial charge < -0.3 is 4.90 Å². The number of anilines is 3. The van der Waals surface area contributed by atoms with Gasteiger partial charge in [-0.05, 0) is 139 Å². The lowest BCUT2D eigenvalue weighted by molar-refractivity contribution is 1.31. The molecule has 0 aliphatic rings. The number of rotatable bonds is 5. The molecule has 0 amide bonds. The van der Waals surface area contributed by atoms with Gasteiger partial charge in [-0.15, -0.1) is 11.3 Å². The van der Waals surface area contributed by atoms with Gasteiger partial charge in [0.25, 0.3) is 0 Å². The van der Waals surface area contributed by atoms with Crippen molar-refractivity contribution in [2.24, 2.45) is 0 Å². The van der Waals surface area contributed by atoms with E-state index in [1.54, 1.807) is 0 Å². The Morgan fingerprint density at radius 2 is 0.750 bits per heavy atom. The van der Waals surface area contributed by atoms with Crippen molar-refractivity contribution in [2.45, 2.75) is 13.8 Å². The molecule has 12 rings (SSSR count). The number of aryl methyl sites for hydroxylation is 2. The van der Waals surface area contributed by atoms with Crippen LogP contribution in [0.15, 0.2) is 200 Å². The quantitative estimate of drug-likeness (QED) is 0.157. The van der Waals surface area contributed by atoms with Gasteiger partial charge in [0.05, 0.1) is 11.4 Å². The molecule has 1 aromatic heterocycles. The molecule has 0 aliphatic heterocycles. The summed E-state index contributed by atoms with van der Waals surface area (Å²) in [4.78, 5) is 2.47. The van der Waals surface area contributed by atoms with Crippen LogP contribution in [-0.4, -0.2) is 0 Å². The first-order chi connectivity index (χ1) is 29.6. The molecule has 0 saturated heterocycles. The lowest BCUT2D eigenvalue weighted by Crippen LogP contribution is -2.11. The van der Waals surface area contributed by atoms with Crippen molar-refractivity contribution < 1.29 is 0 Å². The van der Waals surface area contributed by atoms with Crippen LogP contribution in [0, 0.1) is 13.8 Å². The Morgan fingerprint density at radius 1 is 0.317 bits per heavy atom. The molecule has 0 bridgehead atoms. The Morgan fingerprint density at radius 3 is 1.33 bits per heavy atom. The number of hydrogen-bond donors (Lipinski definition) is 0. The summed E-state index contributed by atoms with van der Waals surface area (Å²) in [6.07, 6.45) is 0. The van der Waals surface area contributed by atoms with E-state index in [1.165, 1.54) is 119 Å². The molecule has 0 fully saturated rings. The summed E-state index contributed by atoms with van der Waals surface area (Å²) >= 11 is 1.87. The highest BCUT2D eigenvalue weighted by atomic mass is 32.1. The standard InChI is InChI=1S/C58H39NS/c1-36-23-30-53(45-15-5-3-13-43(36)45)59(54-31-24-37(2)44-14-4-6-16-46(44)54)42-29-27-38-33-40(26-25-39(38)34-42)57-48-18-7-9-20-50(48)58(51-21-10-8-19-49(51)57)41-28-32-56-52(35-41)47-17-11-12-22-55(47)60-56/h3-35H,1-2H3. The Bertz CT molecular complexity index is 3560. The fraction of sp³-hybridized carbons (Fsp3) is 0.0345. The van der Waals surface area contributed by atoms with Crippen LogP contribution in [0.1, 0.15) is 11.1 Å². The molecule has 282 valence electrons. The summed E-state index contributed by atoms with van der Waals surface area (Å²) in [6, 6.07) is 74.5. The molecule has 2 heteroatoms. The van der Waals surface area contributed by atoms with E-state index in [4.69, 9.17) is 0 Å². The van der Waals surface area contributed by atoms with Crippen LogP contribution >= 0.6 is 11.3 Å². The van der Waals surface area contributed by atoms with Gasteiger partial charge in [-0.2, -0.15) is 0 Å². The van der Waals surface area contributed by atoms with Gasteiger partial charge in [0.1, 0.15) is 0 Å². The lowest BCUT2D eigenvalue weighted by atomic mass is 9.85. The molecule has 0 unspecified atom stereocenters. The molecule has 0 radical (unpaired) electrons. The fourth-order valence-electron chi connectivity index (χ4n) is 9.83. The van der Waals surface area contributed by atoms with Crippen molar-refractivity contribution in [3.8, 4) is 22.3 Å². The van der Waals surface area contributed by atoms with Crippen LogP contribution in [0.25, 0.3) is 96.3 Å². The first-order valence-corrected chi connectivity index (χ1v) is 21.6. The molecular weight excluding hydrogens is 743 g/mol. The maximum atomic E-state index is 2.47. The summed E-state index contributed by atoms with van der Waals surface area (Å²) in [7, 11) is 0. The maximum Gasteiger partial charge on any atom is 0.0540 e. The number of nitrogens with zero attached hydrogens (tertiary/aromatic N) is 1. The smallest absolute Gasteiger partial charge is 0.0540 e. The number of fused-ring (bicyclic) bond motifs is 8. The Balaban J connectivity index is 1.04. The minimum absolute atomic E-state index is 1.13. The molecule has 11 aromatic carbocycles. The zero-order valence-corrected chi connectivity index (χ0v) is 34.2. The summed E-state index contributed by atoms with van der Waals surface area (Å²) < 4.78 is 2.66. The Kier molecular flexibility index (Phi) is 7.91. The summed E-state index contributed by atoms with van der Waals surface area (Å²) in [5, 5.41) is 15.2. The van der Waals surface area contributed by atoms with E-state index in [1.807, 2.05) is 11.3 Å². The highest BCUT2D eigenvalue weighted by Gasteiger charge is 2.21. The topological polar surface area (TPSA) is 3.24 Å². The summed E-state index contributed by atoms with van der Waals surface area (Å²) in [5.74, 6) is 0. The Labute approximate surface area is 353 Å². The maximum absolute atomic E-state index is 2.47. The third-order valence-electron chi connectivity index (χ3n) is 12.7. The molecule has 12 aromatic rings. The van der Waals surface area contributed by atoms with Crippen molar-refractivity contribution in [1.29, 1.82) is 0 Å². The van der Waals surface area contributed by atoms with Gasteiger partial charge in [0.2, 0.25) is 0 Å². The average Bonchev–Trinajstić information content (AvgIpc) is 3.68. The van der Waals surface area contributed by atoms with Crippen LogP contribution in [-0.2, 0) is 0 Å². The van der Waals surface area contributed by atoms with Crippen LogP contribution < -0.4 is 4.90 Å². The fourth-order valence-corrected chi connectivity index (χ4v) is 10.9. The second kappa shape index (κ2) is 13.7. The molecule has 0 saturated carbocycles. The largest absolute Gasteiger partial charge is 0.309 e. The Hall–Kier alpha value is -7.26. The molecule has 60 heavy (non-hydrogen) atoms. The van der Waals surface area contributed by atoms with Gasteiger partial charge >= 0.3 is 0 Å². The van der Waals surface area contributed by atoms with Crippen molar-refractivity contribution in [1.82, 2.24) is 0 Å². The zero-order valence-electron chi connectivity index (χ0n) is 33.4. The molecule has 0 atom stereocenters. The van der Waals surface area contributed by atoms with Crippen molar-refractivity contribution in [3.05, 3.63) is 211 Å². The minimum Gasteiger partial charge on any atom is -0.309 e. The molecule has 0 N–H and O–H groups in total. The third-order valence-corrected chi connectivity index (χ3v) is 13.8. The highest BCUT2D eigenvalue weighted by molar-refractivity contribution is 7.25. The first kappa shape index (κ1) is 34.8. The molecule has 1 nitrogen and oxygen atoms in total.